The summed E-state index contributed by atoms with van der Waals surface area (Å²) in [7, 11) is 0. The molecule has 0 heterocycles. The van der Waals surface area contributed by atoms with Gasteiger partial charge in [0.05, 0.1) is 12.2 Å². The molecule has 4 atom stereocenters. The Balaban J connectivity index is 2.01. The van der Waals surface area contributed by atoms with Crippen LogP contribution in [0, 0.1) is 19.8 Å². The van der Waals surface area contributed by atoms with Gasteiger partial charge in [-0.25, -0.2) is 0 Å². The quantitative estimate of drug-likeness (QED) is 0.773. The van der Waals surface area contributed by atoms with Gasteiger partial charge in [-0.15, -0.1) is 0 Å². The summed E-state index contributed by atoms with van der Waals surface area (Å²) in [6.07, 6.45) is 0.667. The van der Waals surface area contributed by atoms with Gasteiger partial charge in [0.1, 0.15) is 0 Å². The molecule has 2 heteroatoms. The van der Waals surface area contributed by atoms with Crippen LogP contribution in [0.15, 0.2) is 36.4 Å². The minimum Gasteiger partial charge on any atom is -0.388 e. The van der Waals surface area contributed by atoms with Crippen LogP contribution in [-0.4, -0.2) is 10.2 Å². The lowest BCUT2D eigenvalue weighted by molar-refractivity contribution is 0.0750. The van der Waals surface area contributed by atoms with E-state index in [1.54, 1.807) is 0 Å². The molecule has 2 aliphatic rings. The van der Waals surface area contributed by atoms with E-state index in [0.717, 1.165) is 24.0 Å². The highest BCUT2D eigenvalue weighted by Crippen LogP contribution is 2.54. The highest BCUT2D eigenvalue weighted by atomic mass is 16.3. The van der Waals surface area contributed by atoms with Crippen molar-refractivity contribution in [2.24, 2.45) is 5.92 Å². The maximum absolute atomic E-state index is 10.5. The summed E-state index contributed by atoms with van der Waals surface area (Å²) in [6, 6.07) is 12.5. The molecule has 0 spiro atoms. The van der Waals surface area contributed by atoms with E-state index < -0.39 is 12.2 Å². The Kier molecular flexibility index (Phi) is 3.14. The van der Waals surface area contributed by atoms with Crippen molar-refractivity contribution < 1.29 is 10.2 Å². The third-order valence-electron chi connectivity index (χ3n) is 5.58. The zero-order valence-electron chi connectivity index (χ0n) is 13.1. The molecule has 2 N–H and O–H groups in total. The molecule has 2 aromatic carbocycles. The molecule has 0 saturated heterocycles. The van der Waals surface area contributed by atoms with Gasteiger partial charge in [0.2, 0.25) is 0 Å². The average molecular weight is 294 g/mol. The third kappa shape index (κ3) is 1.87. The van der Waals surface area contributed by atoms with Gasteiger partial charge < -0.3 is 10.2 Å². The molecule has 0 aliphatic heterocycles. The molecule has 0 aromatic heterocycles. The molecule has 114 valence electrons. The van der Waals surface area contributed by atoms with E-state index in [4.69, 9.17) is 0 Å². The van der Waals surface area contributed by atoms with Crippen molar-refractivity contribution in [1.29, 1.82) is 0 Å². The lowest BCUT2D eigenvalue weighted by Crippen LogP contribution is -2.32. The van der Waals surface area contributed by atoms with Crippen molar-refractivity contribution in [3.05, 3.63) is 69.8 Å². The first-order valence-electron chi connectivity index (χ1n) is 8.13. The van der Waals surface area contributed by atoms with E-state index in [0.29, 0.717) is 11.8 Å². The van der Waals surface area contributed by atoms with Crippen LogP contribution in [0.1, 0.15) is 64.3 Å². The Bertz CT molecular complexity index is 673. The summed E-state index contributed by atoms with van der Waals surface area (Å²) < 4.78 is 0. The third-order valence-corrected chi connectivity index (χ3v) is 5.58. The van der Waals surface area contributed by atoms with Crippen LogP contribution in [0.2, 0.25) is 0 Å². The fourth-order valence-electron chi connectivity index (χ4n) is 4.65. The number of aryl methyl sites for hydroxylation is 2. The van der Waals surface area contributed by atoms with Gasteiger partial charge in [-0.3, -0.25) is 0 Å². The molecule has 2 aromatic rings. The van der Waals surface area contributed by atoms with Crippen molar-refractivity contribution in [3.8, 4) is 0 Å². The lowest BCUT2D eigenvalue weighted by atomic mass is 9.62. The van der Waals surface area contributed by atoms with Gasteiger partial charge in [-0.2, -0.15) is 0 Å². The highest BCUT2D eigenvalue weighted by Gasteiger charge is 2.42. The molecular weight excluding hydrogens is 272 g/mol. The van der Waals surface area contributed by atoms with E-state index in [1.807, 2.05) is 12.1 Å². The summed E-state index contributed by atoms with van der Waals surface area (Å²) >= 11 is 0. The Morgan fingerprint density at radius 2 is 1.23 bits per heavy atom. The average Bonchev–Trinajstić information content (AvgIpc) is 2.48. The largest absolute Gasteiger partial charge is 0.388 e. The van der Waals surface area contributed by atoms with Crippen molar-refractivity contribution in [1.82, 2.24) is 0 Å². The first kappa shape index (κ1) is 14.0. The van der Waals surface area contributed by atoms with Crippen LogP contribution in [-0.2, 0) is 0 Å². The second-order valence-corrected chi connectivity index (χ2v) is 6.90. The molecular formula is C20H22O2. The molecule has 0 fully saturated rings. The van der Waals surface area contributed by atoms with Gasteiger partial charge in [-0.1, -0.05) is 36.4 Å². The summed E-state index contributed by atoms with van der Waals surface area (Å²) in [5.74, 6) is 0.617. The molecule has 22 heavy (non-hydrogen) atoms. The minimum atomic E-state index is -0.408. The van der Waals surface area contributed by atoms with E-state index in [2.05, 4.69) is 38.1 Å². The number of aliphatic hydroxyl groups is 2. The Morgan fingerprint density at radius 3 is 1.68 bits per heavy atom. The molecule has 2 aliphatic carbocycles. The maximum Gasteiger partial charge on any atom is 0.0796 e. The normalized spacial score (nSPS) is 29.5. The van der Waals surface area contributed by atoms with E-state index >= 15 is 0 Å². The zero-order chi connectivity index (χ0) is 15.4. The second kappa shape index (κ2) is 4.94. The van der Waals surface area contributed by atoms with Crippen LogP contribution in [0.3, 0.4) is 0 Å². The Labute approximate surface area is 131 Å². The number of benzene rings is 2. The molecule has 0 saturated carbocycles. The zero-order valence-corrected chi connectivity index (χ0v) is 13.1. The topological polar surface area (TPSA) is 40.5 Å². The van der Waals surface area contributed by atoms with Crippen LogP contribution in [0.5, 0.6) is 0 Å². The number of fused-ring (bicyclic) bond motifs is 5. The number of aliphatic hydroxyl groups excluding tert-OH is 2. The summed E-state index contributed by atoms with van der Waals surface area (Å²) in [6.45, 7) is 4.27. The monoisotopic (exact) mass is 294 g/mol. The predicted molar refractivity (Wildman–Crippen MR) is 86.8 cm³/mol. The van der Waals surface area contributed by atoms with Crippen molar-refractivity contribution in [2.45, 2.75) is 44.8 Å². The maximum atomic E-state index is 10.5. The van der Waals surface area contributed by atoms with Gasteiger partial charge in [0.15, 0.2) is 0 Å². The van der Waals surface area contributed by atoms with E-state index in [9.17, 15) is 10.2 Å². The first-order chi connectivity index (χ1) is 10.6. The molecule has 0 bridgehead atoms. The summed E-state index contributed by atoms with van der Waals surface area (Å²) in [5, 5.41) is 21.1. The fraction of sp³-hybridized carbons (Fsp3) is 0.400. The van der Waals surface area contributed by atoms with Gasteiger partial charge in [0.25, 0.3) is 0 Å². The van der Waals surface area contributed by atoms with Crippen molar-refractivity contribution in [2.75, 3.05) is 0 Å². The minimum absolute atomic E-state index is 0.305. The molecule has 2 unspecified atom stereocenters. The molecule has 4 rings (SSSR count). The van der Waals surface area contributed by atoms with Crippen molar-refractivity contribution in [3.63, 3.8) is 0 Å². The van der Waals surface area contributed by atoms with Crippen LogP contribution < -0.4 is 0 Å². The fourth-order valence-corrected chi connectivity index (χ4v) is 4.65. The van der Waals surface area contributed by atoms with Crippen LogP contribution in [0.25, 0.3) is 0 Å². The van der Waals surface area contributed by atoms with E-state index in [-0.39, 0.29) is 0 Å². The first-order valence-corrected chi connectivity index (χ1v) is 8.13. The van der Waals surface area contributed by atoms with Gasteiger partial charge >= 0.3 is 0 Å². The summed E-state index contributed by atoms with van der Waals surface area (Å²) in [4.78, 5) is 0. The molecule has 0 radical (unpaired) electrons. The van der Waals surface area contributed by atoms with Gasteiger partial charge in [0, 0.05) is 5.92 Å². The molecule has 2 nitrogen and oxygen atoms in total. The standard InChI is InChI=1S/C20H22O2/c1-11-5-3-7-14-16(21)9-13-10-17(22)15-8-4-6-12(2)19(15)20(13)18(11)14/h3-8,13,16-17,20-22H,9-10H2,1-2H3/t13?,16-,17+,20?. The smallest absolute Gasteiger partial charge is 0.0796 e. The number of hydrogen-bond acceptors (Lipinski definition) is 2. The van der Waals surface area contributed by atoms with E-state index in [1.165, 1.54) is 22.3 Å². The lowest BCUT2D eigenvalue weighted by Gasteiger charge is -2.43. The number of rotatable bonds is 0. The molecule has 0 amide bonds. The highest BCUT2D eigenvalue weighted by molar-refractivity contribution is 5.52. The Hall–Kier alpha value is -1.64. The second-order valence-electron chi connectivity index (χ2n) is 6.90. The number of hydrogen-bond donors (Lipinski definition) is 2. The SMILES string of the molecule is Cc1cccc2c1C1c3c(C)cccc3[C@@H](O)CC1C[C@H]2O. The van der Waals surface area contributed by atoms with Gasteiger partial charge in [-0.05, 0) is 66.0 Å². The Morgan fingerprint density at radius 1 is 0.773 bits per heavy atom. The predicted octanol–water partition coefficient (Wildman–Crippen LogP) is 3.93. The van der Waals surface area contributed by atoms with Crippen LogP contribution in [0.4, 0.5) is 0 Å². The van der Waals surface area contributed by atoms with Crippen LogP contribution >= 0.6 is 0 Å². The summed E-state index contributed by atoms with van der Waals surface area (Å²) in [5.41, 5.74) is 7.22. The van der Waals surface area contributed by atoms with Crippen molar-refractivity contribution >= 4 is 0 Å².